The molecule has 146 valence electrons. The zero-order chi connectivity index (χ0) is 19.3. The molecule has 0 saturated carbocycles. The third-order valence-corrected chi connectivity index (χ3v) is 5.59. The molecule has 1 aromatic carbocycles. The number of methoxy groups -OCH3 is 1. The van der Waals surface area contributed by atoms with Crippen LogP contribution in [-0.2, 0) is 13.0 Å². The van der Waals surface area contributed by atoms with E-state index in [1.165, 1.54) is 6.42 Å². The number of benzene rings is 1. The lowest BCUT2D eigenvalue weighted by molar-refractivity contribution is 0.0946. The average Bonchev–Trinajstić information content (AvgIpc) is 3.49. The highest BCUT2D eigenvalue weighted by molar-refractivity contribution is 7.09. The molecule has 28 heavy (non-hydrogen) atoms. The molecule has 0 bridgehead atoms. The number of carbonyl (C=O) groups is 1. The quantitative estimate of drug-likeness (QED) is 0.630. The summed E-state index contributed by atoms with van der Waals surface area (Å²) in [6, 6.07) is 7.51. The van der Waals surface area contributed by atoms with Crippen molar-refractivity contribution >= 4 is 17.2 Å². The first-order chi connectivity index (χ1) is 13.7. The molecule has 2 aromatic heterocycles. The smallest absolute Gasteiger partial charge is 0.271 e. The maximum atomic E-state index is 12.4. The van der Waals surface area contributed by atoms with Crippen LogP contribution < -0.4 is 15.4 Å². The van der Waals surface area contributed by atoms with E-state index in [1.807, 2.05) is 29.6 Å². The van der Waals surface area contributed by atoms with Crippen LogP contribution in [0.1, 0.15) is 27.6 Å². The summed E-state index contributed by atoms with van der Waals surface area (Å²) in [5.41, 5.74) is 2.02. The van der Waals surface area contributed by atoms with Crippen molar-refractivity contribution in [2.45, 2.75) is 19.4 Å². The Labute approximate surface area is 166 Å². The van der Waals surface area contributed by atoms with Gasteiger partial charge in [0.15, 0.2) is 0 Å². The second-order valence-corrected chi connectivity index (χ2v) is 7.67. The van der Waals surface area contributed by atoms with Crippen molar-refractivity contribution in [2.24, 2.45) is 5.92 Å². The Hall–Kier alpha value is -2.78. The van der Waals surface area contributed by atoms with E-state index in [2.05, 4.69) is 25.9 Å². The van der Waals surface area contributed by atoms with Crippen molar-refractivity contribution in [3.63, 3.8) is 0 Å². The molecule has 1 unspecified atom stereocenters. The van der Waals surface area contributed by atoms with Crippen LogP contribution in [0.5, 0.6) is 5.75 Å². The number of rotatable bonds is 7. The molecule has 4 rings (SSSR count). The van der Waals surface area contributed by atoms with Crippen molar-refractivity contribution in [3.8, 4) is 11.4 Å². The van der Waals surface area contributed by atoms with Crippen molar-refractivity contribution < 1.29 is 9.53 Å². The third kappa shape index (κ3) is 4.37. The lowest BCUT2D eigenvalue weighted by Crippen LogP contribution is -2.23. The zero-order valence-corrected chi connectivity index (χ0v) is 16.4. The van der Waals surface area contributed by atoms with Gasteiger partial charge in [-0.3, -0.25) is 4.79 Å². The van der Waals surface area contributed by atoms with E-state index < -0.39 is 0 Å². The number of hydrogen-bond acceptors (Lipinski definition) is 7. The minimum Gasteiger partial charge on any atom is -0.497 e. The minimum atomic E-state index is -0.189. The molecule has 2 N–H and O–H groups in total. The van der Waals surface area contributed by atoms with Gasteiger partial charge in [-0.2, -0.15) is 0 Å². The van der Waals surface area contributed by atoms with Crippen LogP contribution in [0.3, 0.4) is 0 Å². The van der Waals surface area contributed by atoms with Gasteiger partial charge in [0.2, 0.25) is 0 Å². The number of aromatic nitrogens is 4. The van der Waals surface area contributed by atoms with Crippen molar-refractivity contribution in [2.75, 3.05) is 20.2 Å². The number of thiazole rings is 1. The van der Waals surface area contributed by atoms with Gasteiger partial charge >= 0.3 is 0 Å². The molecule has 1 atom stereocenters. The van der Waals surface area contributed by atoms with Gasteiger partial charge in [0, 0.05) is 11.8 Å². The molecular formula is C19H22N6O2S. The Morgan fingerprint density at radius 2 is 2.25 bits per heavy atom. The molecule has 1 saturated heterocycles. The Morgan fingerprint density at radius 1 is 1.39 bits per heavy atom. The van der Waals surface area contributed by atoms with Gasteiger partial charge in [-0.05, 0) is 49.7 Å². The molecule has 0 aliphatic carbocycles. The molecule has 8 nitrogen and oxygen atoms in total. The van der Waals surface area contributed by atoms with Gasteiger partial charge in [-0.1, -0.05) is 5.21 Å². The topological polar surface area (TPSA) is 94.0 Å². The molecule has 1 amide bonds. The molecule has 3 aromatic rings. The monoisotopic (exact) mass is 398 g/mol. The number of hydrogen-bond donors (Lipinski definition) is 2. The van der Waals surface area contributed by atoms with Crippen LogP contribution in [-0.4, -0.2) is 46.1 Å². The summed E-state index contributed by atoms with van der Waals surface area (Å²) in [7, 11) is 1.63. The molecule has 1 aliphatic rings. The van der Waals surface area contributed by atoms with E-state index in [1.54, 1.807) is 29.3 Å². The first-order valence-corrected chi connectivity index (χ1v) is 10.1. The average molecular weight is 398 g/mol. The van der Waals surface area contributed by atoms with Crippen LogP contribution in [0, 0.1) is 5.92 Å². The van der Waals surface area contributed by atoms with E-state index in [0.29, 0.717) is 23.9 Å². The van der Waals surface area contributed by atoms with Crippen LogP contribution >= 0.6 is 11.3 Å². The van der Waals surface area contributed by atoms with E-state index in [0.717, 1.165) is 36.0 Å². The van der Waals surface area contributed by atoms with Crippen LogP contribution in [0.4, 0.5) is 0 Å². The maximum Gasteiger partial charge on any atom is 0.271 e. The predicted molar refractivity (Wildman–Crippen MR) is 106 cm³/mol. The van der Waals surface area contributed by atoms with Gasteiger partial charge in [0.05, 0.1) is 30.5 Å². The highest BCUT2D eigenvalue weighted by atomic mass is 32.1. The van der Waals surface area contributed by atoms with Gasteiger partial charge in [0.25, 0.3) is 5.91 Å². The van der Waals surface area contributed by atoms with Gasteiger partial charge in [-0.15, -0.1) is 16.4 Å². The first-order valence-electron chi connectivity index (χ1n) is 9.20. The molecule has 3 heterocycles. The zero-order valence-electron chi connectivity index (χ0n) is 15.6. The highest BCUT2D eigenvalue weighted by Gasteiger charge is 2.18. The summed E-state index contributed by atoms with van der Waals surface area (Å²) < 4.78 is 6.82. The van der Waals surface area contributed by atoms with Gasteiger partial charge in [0.1, 0.15) is 17.1 Å². The summed E-state index contributed by atoms with van der Waals surface area (Å²) in [5.74, 6) is 1.21. The molecular weight excluding hydrogens is 376 g/mol. The standard InChI is InChI=1S/C19H22N6O2S/c1-27-16-4-2-15(3-5-16)25-11-14(23-24-25)10-21-19(26)17-12-28-18(22-17)8-13-6-7-20-9-13/h2-5,11-13,20H,6-10H2,1H3,(H,21,26). The summed E-state index contributed by atoms with van der Waals surface area (Å²) in [6.45, 7) is 2.40. The largest absolute Gasteiger partial charge is 0.497 e. The first kappa shape index (κ1) is 18.6. The number of amides is 1. The third-order valence-electron chi connectivity index (χ3n) is 4.72. The van der Waals surface area contributed by atoms with Gasteiger partial charge < -0.3 is 15.4 Å². The van der Waals surface area contributed by atoms with E-state index in [9.17, 15) is 4.79 Å². The second-order valence-electron chi connectivity index (χ2n) is 6.72. The number of nitrogens with one attached hydrogen (secondary N) is 2. The van der Waals surface area contributed by atoms with Crippen molar-refractivity contribution in [1.82, 2.24) is 30.6 Å². The van der Waals surface area contributed by atoms with Gasteiger partial charge in [-0.25, -0.2) is 9.67 Å². The summed E-state index contributed by atoms with van der Waals surface area (Å²) in [4.78, 5) is 16.8. The predicted octanol–water partition coefficient (Wildman–Crippen LogP) is 1.81. The lowest BCUT2D eigenvalue weighted by Gasteiger charge is -2.04. The van der Waals surface area contributed by atoms with Crippen LogP contribution in [0.15, 0.2) is 35.8 Å². The highest BCUT2D eigenvalue weighted by Crippen LogP contribution is 2.19. The fourth-order valence-electron chi connectivity index (χ4n) is 3.15. The van der Waals surface area contributed by atoms with E-state index >= 15 is 0 Å². The fraction of sp³-hybridized carbons (Fsp3) is 0.368. The fourth-order valence-corrected chi connectivity index (χ4v) is 4.04. The molecule has 1 fully saturated rings. The normalized spacial score (nSPS) is 16.2. The van der Waals surface area contributed by atoms with E-state index in [-0.39, 0.29) is 5.91 Å². The van der Waals surface area contributed by atoms with Crippen LogP contribution in [0.25, 0.3) is 5.69 Å². The SMILES string of the molecule is COc1ccc(-n2cc(CNC(=O)c3csc(CC4CCNC4)n3)nn2)cc1. The van der Waals surface area contributed by atoms with Crippen molar-refractivity contribution in [3.05, 3.63) is 52.2 Å². The Bertz CT molecular complexity index is 930. The van der Waals surface area contributed by atoms with Crippen LogP contribution in [0.2, 0.25) is 0 Å². The Morgan fingerprint density at radius 3 is 3.00 bits per heavy atom. The molecule has 1 aliphatic heterocycles. The summed E-state index contributed by atoms with van der Waals surface area (Å²) >= 11 is 1.55. The second kappa shape index (κ2) is 8.49. The molecule has 0 radical (unpaired) electrons. The lowest BCUT2D eigenvalue weighted by atomic mass is 10.1. The molecule has 9 heteroatoms. The number of carbonyl (C=O) groups excluding carboxylic acids is 1. The Kier molecular flexibility index (Phi) is 5.63. The Balaban J connectivity index is 1.32. The summed E-state index contributed by atoms with van der Waals surface area (Å²) in [6.07, 6.45) is 3.90. The maximum absolute atomic E-state index is 12.4. The van der Waals surface area contributed by atoms with Crippen molar-refractivity contribution in [1.29, 1.82) is 0 Å². The number of ether oxygens (including phenoxy) is 1. The van der Waals surface area contributed by atoms with E-state index in [4.69, 9.17) is 4.74 Å². The minimum absolute atomic E-state index is 0.189. The summed E-state index contributed by atoms with van der Waals surface area (Å²) in [5, 5.41) is 17.3. The number of nitrogens with zero attached hydrogens (tertiary/aromatic N) is 4. The molecule has 0 spiro atoms.